The van der Waals surface area contributed by atoms with Crippen molar-refractivity contribution in [2.24, 2.45) is 5.92 Å². The third kappa shape index (κ3) is 3.93. The molecule has 0 aliphatic carbocycles. The number of piperidine rings is 1. The predicted molar refractivity (Wildman–Crippen MR) is 93.7 cm³/mol. The van der Waals surface area contributed by atoms with Crippen molar-refractivity contribution in [3.63, 3.8) is 0 Å². The monoisotopic (exact) mass is 330 g/mol. The first-order chi connectivity index (χ1) is 11.5. The number of hydrogen-bond donors (Lipinski definition) is 1. The summed E-state index contributed by atoms with van der Waals surface area (Å²) < 4.78 is 26.4. The highest BCUT2D eigenvalue weighted by Gasteiger charge is 2.21. The van der Waals surface area contributed by atoms with Crippen molar-refractivity contribution >= 4 is 5.69 Å². The molecule has 0 aromatic heterocycles. The molecule has 1 aliphatic rings. The summed E-state index contributed by atoms with van der Waals surface area (Å²) in [4.78, 5) is 2.42. The van der Waals surface area contributed by atoms with Crippen molar-refractivity contribution in [3.05, 3.63) is 64.7 Å². The van der Waals surface area contributed by atoms with Gasteiger partial charge in [-0.3, -0.25) is 4.90 Å². The number of halogens is 2. The normalized spacial score (nSPS) is 18.7. The molecule has 0 saturated carbocycles. The van der Waals surface area contributed by atoms with Gasteiger partial charge in [-0.25, -0.2) is 8.78 Å². The maximum absolute atomic E-state index is 13.4. The van der Waals surface area contributed by atoms with Gasteiger partial charge in [0.2, 0.25) is 0 Å². The number of nitrogen functional groups attached to an aromatic ring is 1. The van der Waals surface area contributed by atoms with Crippen molar-refractivity contribution < 1.29 is 8.78 Å². The summed E-state index contributed by atoms with van der Waals surface area (Å²) >= 11 is 0. The summed E-state index contributed by atoms with van der Waals surface area (Å²) in [6.45, 7) is 4.97. The van der Waals surface area contributed by atoms with E-state index in [0.717, 1.165) is 50.1 Å². The number of benzene rings is 2. The highest BCUT2D eigenvalue weighted by atomic mass is 19.2. The molecule has 2 N–H and O–H groups in total. The molecular formula is C20H24F2N2. The zero-order valence-electron chi connectivity index (χ0n) is 14.1. The summed E-state index contributed by atoms with van der Waals surface area (Å²) in [7, 11) is 0. The van der Waals surface area contributed by atoms with E-state index >= 15 is 0 Å². The lowest BCUT2D eigenvalue weighted by Gasteiger charge is -2.33. The Morgan fingerprint density at radius 3 is 2.75 bits per heavy atom. The average molecular weight is 330 g/mol. The van der Waals surface area contributed by atoms with Crippen molar-refractivity contribution in [1.82, 2.24) is 4.90 Å². The zero-order valence-corrected chi connectivity index (χ0v) is 14.1. The van der Waals surface area contributed by atoms with E-state index in [1.807, 2.05) is 12.1 Å². The van der Waals surface area contributed by atoms with Crippen LogP contribution in [-0.4, -0.2) is 18.0 Å². The van der Waals surface area contributed by atoms with Crippen LogP contribution in [-0.2, 0) is 13.0 Å². The van der Waals surface area contributed by atoms with Crippen molar-refractivity contribution in [3.8, 4) is 0 Å². The topological polar surface area (TPSA) is 29.3 Å². The molecule has 2 aromatic rings. The fourth-order valence-electron chi connectivity index (χ4n) is 3.63. The van der Waals surface area contributed by atoms with Crippen molar-refractivity contribution in [1.29, 1.82) is 0 Å². The highest BCUT2D eigenvalue weighted by Crippen LogP contribution is 2.25. The molecular weight excluding hydrogens is 306 g/mol. The second kappa shape index (κ2) is 7.31. The van der Waals surface area contributed by atoms with E-state index in [1.54, 1.807) is 6.07 Å². The van der Waals surface area contributed by atoms with E-state index in [4.69, 9.17) is 5.73 Å². The minimum atomic E-state index is -0.779. The van der Waals surface area contributed by atoms with Gasteiger partial charge in [0.15, 0.2) is 11.6 Å². The Labute approximate surface area is 142 Å². The lowest BCUT2D eigenvalue weighted by molar-refractivity contribution is 0.167. The number of aryl methyl sites for hydroxylation is 1. The van der Waals surface area contributed by atoms with Crippen molar-refractivity contribution in [2.75, 3.05) is 18.8 Å². The number of rotatable bonds is 4. The van der Waals surface area contributed by atoms with Crippen LogP contribution < -0.4 is 5.73 Å². The molecule has 1 aliphatic heterocycles. The summed E-state index contributed by atoms with van der Waals surface area (Å²) in [5.74, 6) is -1.07. The minimum Gasteiger partial charge on any atom is -0.398 e. The molecule has 1 fully saturated rings. The van der Waals surface area contributed by atoms with E-state index < -0.39 is 11.6 Å². The summed E-state index contributed by atoms with van der Waals surface area (Å²) in [6.07, 6.45) is 3.04. The van der Waals surface area contributed by atoms with Crippen LogP contribution in [0.25, 0.3) is 0 Å². The molecule has 1 atom stereocenters. The number of hydrogen-bond acceptors (Lipinski definition) is 2. The van der Waals surface area contributed by atoms with Crippen LogP contribution in [0.2, 0.25) is 0 Å². The molecule has 2 nitrogen and oxygen atoms in total. The Balaban J connectivity index is 1.65. The van der Waals surface area contributed by atoms with E-state index in [2.05, 4.69) is 17.9 Å². The minimum absolute atomic E-state index is 0.467. The molecule has 1 heterocycles. The third-order valence-corrected chi connectivity index (χ3v) is 4.94. The van der Waals surface area contributed by atoms with Gasteiger partial charge in [-0.05, 0) is 73.5 Å². The van der Waals surface area contributed by atoms with Gasteiger partial charge >= 0.3 is 0 Å². The van der Waals surface area contributed by atoms with Crippen LogP contribution in [0.15, 0.2) is 36.4 Å². The van der Waals surface area contributed by atoms with Gasteiger partial charge in [-0.2, -0.15) is 0 Å². The third-order valence-electron chi connectivity index (χ3n) is 4.94. The summed E-state index contributed by atoms with van der Waals surface area (Å²) in [5.41, 5.74) is 10.3. The first-order valence-electron chi connectivity index (χ1n) is 8.53. The maximum atomic E-state index is 13.4. The van der Waals surface area contributed by atoms with Crippen molar-refractivity contribution in [2.45, 2.75) is 32.7 Å². The van der Waals surface area contributed by atoms with E-state index in [0.29, 0.717) is 5.92 Å². The standard InChI is InChI=1S/C20H24F2N2/c1-14-4-2-6-20(23)17(14)13-24-9-3-5-16(12-24)10-15-7-8-18(21)19(22)11-15/h2,4,6-8,11,16H,3,5,9-10,12-13,23H2,1H3. The second-order valence-electron chi connectivity index (χ2n) is 6.84. The molecule has 1 unspecified atom stereocenters. The largest absolute Gasteiger partial charge is 0.398 e. The van der Waals surface area contributed by atoms with Crippen LogP contribution in [0.1, 0.15) is 29.5 Å². The molecule has 24 heavy (non-hydrogen) atoms. The fourth-order valence-corrected chi connectivity index (χ4v) is 3.63. The number of likely N-dealkylation sites (tertiary alicyclic amines) is 1. The summed E-state index contributed by atoms with van der Waals surface area (Å²) in [5, 5.41) is 0. The van der Waals surface area contributed by atoms with Crippen LogP contribution >= 0.6 is 0 Å². The average Bonchev–Trinajstić information content (AvgIpc) is 2.55. The lowest BCUT2D eigenvalue weighted by Crippen LogP contribution is -2.36. The molecule has 1 saturated heterocycles. The number of nitrogens with two attached hydrogens (primary N) is 1. The van der Waals surface area contributed by atoms with Gasteiger partial charge in [0, 0.05) is 18.8 Å². The fraction of sp³-hybridized carbons (Fsp3) is 0.400. The maximum Gasteiger partial charge on any atom is 0.159 e. The molecule has 128 valence electrons. The predicted octanol–water partition coefficient (Wildman–Crippen LogP) is 4.31. The Hall–Kier alpha value is -1.94. The van der Waals surface area contributed by atoms with Gasteiger partial charge in [-0.1, -0.05) is 18.2 Å². The first kappa shape index (κ1) is 16.9. The van der Waals surface area contributed by atoms with Gasteiger partial charge in [-0.15, -0.1) is 0 Å². The van der Waals surface area contributed by atoms with Gasteiger partial charge < -0.3 is 5.73 Å². The Bertz CT molecular complexity index is 695. The molecule has 0 bridgehead atoms. The number of nitrogens with zero attached hydrogens (tertiary/aromatic N) is 1. The van der Waals surface area contributed by atoms with E-state index in [9.17, 15) is 8.78 Å². The van der Waals surface area contributed by atoms with Gasteiger partial charge in [0.05, 0.1) is 0 Å². The molecule has 3 rings (SSSR count). The van der Waals surface area contributed by atoms with Crippen LogP contribution in [0, 0.1) is 24.5 Å². The van der Waals surface area contributed by atoms with Gasteiger partial charge in [0.25, 0.3) is 0 Å². The Morgan fingerprint density at radius 2 is 2.00 bits per heavy atom. The number of anilines is 1. The molecule has 4 heteroatoms. The molecule has 0 radical (unpaired) electrons. The molecule has 2 aromatic carbocycles. The second-order valence-corrected chi connectivity index (χ2v) is 6.84. The quantitative estimate of drug-likeness (QED) is 0.847. The van der Waals surface area contributed by atoms with Crippen LogP contribution in [0.3, 0.4) is 0 Å². The highest BCUT2D eigenvalue weighted by molar-refractivity contribution is 5.50. The smallest absolute Gasteiger partial charge is 0.159 e. The first-order valence-corrected chi connectivity index (χ1v) is 8.53. The van der Waals surface area contributed by atoms with E-state index in [1.165, 1.54) is 23.3 Å². The summed E-state index contributed by atoms with van der Waals surface area (Å²) in [6, 6.07) is 10.3. The Morgan fingerprint density at radius 1 is 1.17 bits per heavy atom. The van der Waals surface area contributed by atoms with E-state index in [-0.39, 0.29) is 0 Å². The zero-order chi connectivity index (χ0) is 17.1. The molecule has 0 spiro atoms. The van der Waals surface area contributed by atoms with Gasteiger partial charge in [0.1, 0.15) is 0 Å². The Kier molecular flexibility index (Phi) is 5.14. The SMILES string of the molecule is Cc1cccc(N)c1CN1CCCC(Cc2ccc(F)c(F)c2)C1. The van der Waals surface area contributed by atoms with Crippen LogP contribution in [0.5, 0.6) is 0 Å². The molecule has 0 amide bonds. The van der Waals surface area contributed by atoms with Crippen LogP contribution in [0.4, 0.5) is 14.5 Å². The lowest BCUT2D eigenvalue weighted by atomic mass is 9.90.